The molecular weight excluding hydrogens is 739 g/mol. The Morgan fingerprint density at radius 3 is 2.02 bits per heavy atom. The molecule has 0 aliphatic carbocycles. The number of aromatic nitrogens is 6. The Labute approximate surface area is 342 Å². The number of rotatable bonds is 12. The Kier molecular flexibility index (Phi) is 15.3. The molecule has 0 saturated carbocycles. The van der Waals surface area contributed by atoms with Crippen LogP contribution in [-0.2, 0) is 23.4 Å². The average Bonchev–Trinajstić information content (AvgIpc) is 3.99. The average molecular weight is 801 g/mol. The summed E-state index contributed by atoms with van der Waals surface area (Å²) in [5.41, 5.74) is 2.31. The number of unbranched alkanes of at least 4 members (excludes halogenated alkanes) is 1. The molecule has 0 radical (unpaired) electrons. The molecule has 2 aromatic heterocycles. The molecule has 2 fully saturated rings. The molecule has 3 atom stereocenters. The van der Waals surface area contributed by atoms with Crippen molar-refractivity contribution in [2.75, 3.05) is 49.2 Å². The number of anilines is 2. The number of hydrogen-bond donors (Lipinski definition) is 0. The fourth-order valence-electron chi connectivity index (χ4n) is 6.97. The van der Waals surface area contributed by atoms with E-state index < -0.39 is 17.2 Å². The van der Waals surface area contributed by atoms with Gasteiger partial charge in [-0.15, -0.1) is 0 Å². The second-order valence-electron chi connectivity index (χ2n) is 16.1. The van der Waals surface area contributed by atoms with Crippen molar-refractivity contribution in [1.82, 2.24) is 29.1 Å². The summed E-state index contributed by atoms with van der Waals surface area (Å²) in [6.45, 7) is 22.1. The molecule has 2 saturated heterocycles. The highest BCUT2D eigenvalue weighted by Gasteiger charge is 2.44. The van der Waals surface area contributed by atoms with Crippen LogP contribution in [0.25, 0.3) is 5.69 Å². The van der Waals surface area contributed by atoms with Gasteiger partial charge in [0.2, 0.25) is 0 Å². The molecule has 2 unspecified atom stereocenters. The van der Waals surface area contributed by atoms with Gasteiger partial charge in [0.15, 0.2) is 0 Å². The summed E-state index contributed by atoms with van der Waals surface area (Å²) < 4.78 is 45.9. The molecule has 58 heavy (non-hydrogen) atoms. The van der Waals surface area contributed by atoms with Gasteiger partial charge in [0, 0.05) is 61.6 Å². The molecule has 13 heteroatoms. The minimum Gasteiger partial charge on any atom is -0.493 e. The van der Waals surface area contributed by atoms with Crippen LogP contribution in [-0.4, -0.2) is 68.5 Å². The van der Waals surface area contributed by atoms with Crippen molar-refractivity contribution in [3.8, 4) is 11.4 Å². The van der Waals surface area contributed by atoms with E-state index in [0.29, 0.717) is 37.7 Å². The van der Waals surface area contributed by atoms with Crippen molar-refractivity contribution in [1.29, 1.82) is 0 Å². The Morgan fingerprint density at radius 2 is 1.47 bits per heavy atom. The third kappa shape index (κ3) is 10.9. The Bertz CT molecular complexity index is 2030. The van der Waals surface area contributed by atoms with Crippen molar-refractivity contribution >= 4 is 11.4 Å². The molecule has 314 valence electrons. The second kappa shape index (κ2) is 20.1. The lowest BCUT2D eigenvalue weighted by atomic mass is 9.82. The molecule has 0 N–H and O–H groups in total. The van der Waals surface area contributed by atoms with Crippen LogP contribution in [0.15, 0.2) is 90.5 Å². The molecule has 11 nitrogen and oxygen atoms in total. The first-order valence-corrected chi connectivity index (χ1v) is 20.8. The van der Waals surface area contributed by atoms with Crippen LogP contribution in [0.5, 0.6) is 5.75 Å². The van der Waals surface area contributed by atoms with Crippen molar-refractivity contribution < 1.29 is 18.3 Å². The highest BCUT2D eigenvalue weighted by molar-refractivity contribution is 5.54. The number of piperazine rings is 1. The lowest BCUT2D eigenvalue weighted by molar-refractivity contribution is -0.0206. The van der Waals surface area contributed by atoms with Gasteiger partial charge in [-0.05, 0) is 72.4 Å². The van der Waals surface area contributed by atoms with Crippen molar-refractivity contribution in [2.24, 2.45) is 17.3 Å². The highest BCUT2D eigenvalue weighted by Crippen LogP contribution is 2.42. The fourth-order valence-corrected chi connectivity index (χ4v) is 6.97. The van der Waals surface area contributed by atoms with E-state index in [1.165, 1.54) is 31.3 Å². The number of nitrogens with zero attached hydrogens (tertiary/aromatic N) is 8. The molecule has 0 bridgehead atoms. The summed E-state index contributed by atoms with van der Waals surface area (Å²) in [4.78, 5) is 21.8. The van der Waals surface area contributed by atoms with E-state index in [-0.39, 0.29) is 23.6 Å². The predicted molar refractivity (Wildman–Crippen MR) is 227 cm³/mol. The van der Waals surface area contributed by atoms with Gasteiger partial charge in [-0.25, -0.2) is 32.5 Å². The minimum absolute atomic E-state index is 0.00397. The molecular formula is C45H62F2N8O3. The molecule has 2 aliphatic heterocycles. The van der Waals surface area contributed by atoms with Crippen molar-refractivity contribution in [3.05, 3.63) is 113 Å². The van der Waals surface area contributed by atoms with Crippen molar-refractivity contribution in [2.45, 2.75) is 93.3 Å². The fraction of sp³-hybridized carbons (Fsp3) is 0.511. The smallest absolute Gasteiger partial charge is 0.350 e. The third-order valence-corrected chi connectivity index (χ3v) is 11.1. The molecule has 0 spiro atoms. The van der Waals surface area contributed by atoms with Gasteiger partial charge in [0.05, 0.1) is 25.4 Å². The Hall–Kier alpha value is -5.04. The molecule has 3 aromatic carbocycles. The molecule has 4 heterocycles. The van der Waals surface area contributed by atoms with Crippen LogP contribution in [0, 0.1) is 28.9 Å². The summed E-state index contributed by atoms with van der Waals surface area (Å²) in [7, 11) is 0. The van der Waals surface area contributed by atoms with Crippen molar-refractivity contribution in [3.63, 3.8) is 0 Å². The minimum atomic E-state index is -1.01. The Balaban J connectivity index is 0.00000101. The maximum absolute atomic E-state index is 15.0. The molecule has 0 amide bonds. The first kappa shape index (κ1) is 44.1. The molecule has 7 rings (SSSR count). The van der Waals surface area contributed by atoms with Gasteiger partial charge < -0.3 is 19.3 Å². The van der Waals surface area contributed by atoms with Crippen LogP contribution in [0.3, 0.4) is 0 Å². The number of ether oxygens (including phenoxy) is 2. The number of benzene rings is 3. The van der Waals surface area contributed by atoms with E-state index in [1.54, 1.807) is 26.6 Å². The molecule has 2 aliphatic rings. The Morgan fingerprint density at radius 1 is 0.862 bits per heavy atom. The van der Waals surface area contributed by atoms with E-state index in [9.17, 15) is 13.6 Å². The van der Waals surface area contributed by atoms with Gasteiger partial charge in [-0.1, -0.05) is 74.3 Å². The summed E-state index contributed by atoms with van der Waals surface area (Å²) in [6, 6.07) is 19.8. The zero-order valence-electron chi connectivity index (χ0n) is 35.6. The van der Waals surface area contributed by atoms with Crippen LogP contribution in [0.1, 0.15) is 80.2 Å². The number of hydrogen-bond acceptors (Lipinski definition) is 8. The topological polar surface area (TPSA) is 95.5 Å². The van der Waals surface area contributed by atoms with E-state index in [2.05, 4.69) is 90.8 Å². The quantitative estimate of drug-likeness (QED) is 0.124. The standard InChI is InChI=1S/C39H46F2N8O3.C4H10.C2H6/c1-28(38(2,3)4)21-49-37(50)48(27-44-49)33-8-6-31(7-9-33)45-15-17-46(18-16-45)32-10-12-34(13-11-32)51-22-29-20-39(52-23-29,24-47-26-42-25-43-47)35-14-5-30(40)19-36(35)41;1-3-4-2;1-2/h5-14,19,25-29H,15-18,20-24H2,1-4H3;3-4H2,1-2H3;1-2H3/t28?,29-,39?;;/m0../s1. The number of halogens is 2. The maximum atomic E-state index is 15.0. The normalized spacial score (nSPS) is 18.6. The van der Waals surface area contributed by atoms with E-state index in [0.717, 1.165) is 55.1 Å². The van der Waals surface area contributed by atoms with Crippen LogP contribution < -0.4 is 20.2 Å². The molecule has 5 aromatic rings. The summed E-state index contributed by atoms with van der Waals surface area (Å²) >= 11 is 0. The summed E-state index contributed by atoms with van der Waals surface area (Å²) in [5.74, 6) is -0.224. The van der Waals surface area contributed by atoms with Gasteiger partial charge in [0.25, 0.3) is 0 Å². The first-order chi connectivity index (χ1) is 27.9. The highest BCUT2D eigenvalue weighted by atomic mass is 19.1. The summed E-state index contributed by atoms with van der Waals surface area (Å²) in [5, 5.41) is 8.56. The second-order valence-corrected chi connectivity index (χ2v) is 16.1. The lowest BCUT2D eigenvalue weighted by Gasteiger charge is -2.37. The van der Waals surface area contributed by atoms with Gasteiger partial charge in [-0.2, -0.15) is 10.2 Å². The first-order valence-electron chi connectivity index (χ1n) is 20.8. The van der Waals surface area contributed by atoms with Gasteiger partial charge in [0.1, 0.15) is 42.0 Å². The largest absolute Gasteiger partial charge is 0.493 e. The van der Waals surface area contributed by atoms with Gasteiger partial charge in [-0.3, -0.25) is 0 Å². The van der Waals surface area contributed by atoms with Crippen LogP contribution in [0.4, 0.5) is 20.2 Å². The summed E-state index contributed by atoms with van der Waals surface area (Å²) in [6.07, 6.45) is 7.72. The zero-order chi connectivity index (χ0) is 41.9. The predicted octanol–water partition coefficient (Wildman–Crippen LogP) is 8.76. The monoisotopic (exact) mass is 800 g/mol. The third-order valence-electron chi connectivity index (χ3n) is 11.1. The van der Waals surface area contributed by atoms with Crippen LogP contribution >= 0.6 is 0 Å². The van der Waals surface area contributed by atoms with E-state index in [4.69, 9.17) is 9.47 Å². The van der Waals surface area contributed by atoms with E-state index in [1.807, 2.05) is 38.1 Å². The SMILES string of the molecule is CC.CC(Cn1ncn(-c2ccc(N3CCN(c4ccc(OC[C@H]5COC(Cn6cncn6)(c6ccc(F)cc6F)C5)cc4)CC3)cc2)c1=O)C(C)(C)C.CCCC. The zero-order valence-corrected chi connectivity index (χ0v) is 35.6. The van der Waals surface area contributed by atoms with Crippen LogP contribution in [0.2, 0.25) is 0 Å². The van der Waals surface area contributed by atoms with E-state index >= 15 is 0 Å². The van der Waals surface area contributed by atoms with Gasteiger partial charge >= 0.3 is 5.69 Å². The maximum Gasteiger partial charge on any atom is 0.350 e. The lowest BCUT2D eigenvalue weighted by Crippen LogP contribution is -2.46.